The van der Waals surface area contributed by atoms with Crippen LogP contribution in [0.15, 0.2) is 41.2 Å². The molecule has 108 valence electrons. The van der Waals surface area contributed by atoms with Crippen LogP contribution in [-0.2, 0) is 11.2 Å². The van der Waals surface area contributed by atoms with Gasteiger partial charge < -0.3 is 10.3 Å². The Kier molecular flexibility index (Phi) is 4.13. The van der Waals surface area contributed by atoms with Gasteiger partial charge in [0.2, 0.25) is 5.91 Å². The first-order valence-corrected chi connectivity index (χ1v) is 6.19. The highest BCUT2D eigenvalue weighted by Gasteiger charge is 2.10. The Morgan fingerprint density at radius 2 is 2.10 bits per heavy atom. The largest absolute Gasteiger partial charge is 0.325 e. The summed E-state index contributed by atoms with van der Waals surface area (Å²) in [6.07, 6.45) is -0.0466. The van der Waals surface area contributed by atoms with Crippen molar-refractivity contribution >= 4 is 17.3 Å². The van der Waals surface area contributed by atoms with Gasteiger partial charge in [-0.1, -0.05) is 12.1 Å². The van der Waals surface area contributed by atoms with E-state index in [4.69, 9.17) is 0 Å². The molecule has 0 atom stereocenters. The van der Waals surface area contributed by atoms with Gasteiger partial charge in [0.05, 0.1) is 11.3 Å². The Hall–Kier alpha value is -2.96. The van der Waals surface area contributed by atoms with Crippen molar-refractivity contribution in [2.45, 2.75) is 13.3 Å². The van der Waals surface area contributed by atoms with Crippen LogP contribution >= 0.6 is 0 Å². The molecule has 1 amide bonds. The molecular formula is C14H13N3O4. The number of hydrogen-bond acceptors (Lipinski definition) is 4. The van der Waals surface area contributed by atoms with Crippen LogP contribution in [0.1, 0.15) is 11.3 Å². The first-order valence-electron chi connectivity index (χ1n) is 6.19. The molecule has 1 aromatic heterocycles. The van der Waals surface area contributed by atoms with E-state index in [1.165, 1.54) is 24.3 Å². The highest BCUT2D eigenvalue weighted by Crippen LogP contribution is 2.13. The highest BCUT2D eigenvalue weighted by atomic mass is 16.6. The molecule has 0 aliphatic carbocycles. The van der Waals surface area contributed by atoms with E-state index < -0.39 is 10.8 Å². The normalized spacial score (nSPS) is 10.1. The van der Waals surface area contributed by atoms with Gasteiger partial charge in [0.15, 0.2) is 0 Å². The molecule has 1 aromatic carbocycles. The molecule has 0 fully saturated rings. The molecule has 0 spiro atoms. The second-order valence-electron chi connectivity index (χ2n) is 4.54. The maximum absolute atomic E-state index is 11.9. The highest BCUT2D eigenvalue weighted by molar-refractivity contribution is 5.92. The number of hydrogen-bond donors (Lipinski definition) is 2. The number of aromatic nitrogens is 1. The number of nitrogens with one attached hydrogen (secondary N) is 2. The first kappa shape index (κ1) is 14.4. The standard InChI is InChI=1S/C14H13N3O4/c1-9-5-6-12(14(19)15-9)16-13(18)8-10-3-2-4-11(7-10)17(20)21/h2-7H,8H2,1H3,(H,15,19)(H,16,18). The Bertz CT molecular complexity index is 752. The van der Waals surface area contributed by atoms with E-state index >= 15 is 0 Å². The summed E-state index contributed by atoms with van der Waals surface area (Å²) in [6, 6.07) is 9.00. The second-order valence-corrected chi connectivity index (χ2v) is 4.54. The molecular weight excluding hydrogens is 274 g/mol. The van der Waals surface area contributed by atoms with Crippen molar-refractivity contribution in [2.75, 3.05) is 5.32 Å². The van der Waals surface area contributed by atoms with Crippen molar-refractivity contribution in [2.24, 2.45) is 0 Å². The number of carbonyl (C=O) groups is 1. The zero-order chi connectivity index (χ0) is 15.4. The minimum atomic E-state index is -0.522. The van der Waals surface area contributed by atoms with Crippen molar-refractivity contribution < 1.29 is 9.72 Å². The van der Waals surface area contributed by atoms with Gasteiger partial charge in [-0.15, -0.1) is 0 Å². The first-order chi connectivity index (χ1) is 9.95. The number of aromatic amines is 1. The van der Waals surface area contributed by atoms with Crippen molar-refractivity contribution in [3.8, 4) is 0 Å². The van der Waals surface area contributed by atoms with E-state index in [-0.39, 0.29) is 23.4 Å². The van der Waals surface area contributed by atoms with Gasteiger partial charge in [0, 0.05) is 17.8 Å². The molecule has 1 heterocycles. The van der Waals surface area contributed by atoms with Gasteiger partial charge in [0.25, 0.3) is 11.2 Å². The van der Waals surface area contributed by atoms with Crippen LogP contribution in [0.5, 0.6) is 0 Å². The SMILES string of the molecule is Cc1ccc(NC(=O)Cc2cccc([N+](=O)[O-])c2)c(=O)[nH]1. The summed E-state index contributed by atoms with van der Waals surface area (Å²) >= 11 is 0. The van der Waals surface area contributed by atoms with Crippen LogP contribution < -0.4 is 10.9 Å². The summed E-state index contributed by atoms with van der Waals surface area (Å²) in [7, 11) is 0. The molecule has 0 saturated heterocycles. The summed E-state index contributed by atoms with van der Waals surface area (Å²) in [4.78, 5) is 36.2. The third kappa shape index (κ3) is 3.75. The number of carbonyl (C=O) groups excluding carboxylic acids is 1. The fourth-order valence-electron chi connectivity index (χ4n) is 1.83. The van der Waals surface area contributed by atoms with Gasteiger partial charge in [-0.2, -0.15) is 0 Å². The Balaban J connectivity index is 2.10. The lowest BCUT2D eigenvalue weighted by Crippen LogP contribution is -2.21. The number of nitro benzene ring substituents is 1. The number of rotatable bonds is 4. The average Bonchev–Trinajstić information content (AvgIpc) is 2.42. The molecule has 0 saturated carbocycles. The van der Waals surface area contributed by atoms with Crippen molar-refractivity contribution in [3.05, 3.63) is 68.1 Å². The molecule has 7 nitrogen and oxygen atoms in total. The van der Waals surface area contributed by atoms with Gasteiger partial charge in [0.1, 0.15) is 5.69 Å². The number of H-pyrrole nitrogens is 1. The van der Waals surface area contributed by atoms with Crippen molar-refractivity contribution in [3.63, 3.8) is 0 Å². The van der Waals surface area contributed by atoms with E-state index in [1.54, 1.807) is 19.1 Å². The summed E-state index contributed by atoms with van der Waals surface area (Å²) in [5.74, 6) is -0.412. The van der Waals surface area contributed by atoms with E-state index in [0.29, 0.717) is 11.3 Å². The number of non-ortho nitro benzene ring substituents is 1. The number of aryl methyl sites for hydroxylation is 1. The molecule has 21 heavy (non-hydrogen) atoms. The number of benzene rings is 1. The Morgan fingerprint density at radius 1 is 1.33 bits per heavy atom. The number of nitrogens with zero attached hydrogens (tertiary/aromatic N) is 1. The van der Waals surface area contributed by atoms with Gasteiger partial charge in [-0.25, -0.2) is 0 Å². The van der Waals surface area contributed by atoms with Gasteiger partial charge in [-0.05, 0) is 24.6 Å². The van der Waals surface area contributed by atoms with Crippen LogP contribution in [0.3, 0.4) is 0 Å². The Morgan fingerprint density at radius 3 is 2.76 bits per heavy atom. The quantitative estimate of drug-likeness (QED) is 0.660. The topological polar surface area (TPSA) is 105 Å². The molecule has 0 aliphatic heterocycles. The summed E-state index contributed by atoms with van der Waals surface area (Å²) < 4.78 is 0. The third-order valence-corrected chi connectivity index (χ3v) is 2.82. The number of anilines is 1. The predicted octanol–water partition coefficient (Wildman–Crippen LogP) is 1.77. The zero-order valence-electron chi connectivity index (χ0n) is 11.3. The smallest absolute Gasteiger partial charge is 0.271 e. The second kappa shape index (κ2) is 6.00. The van der Waals surface area contributed by atoms with E-state index in [9.17, 15) is 19.7 Å². The van der Waals surface area contributed by atoms with Crippen LogP contribution in [0.25, 0.3) is 0 Å². The molecule has 0 aliphatic rings. The van der Waals surface area contributed by atoms with Crippen LogP contribution in [0.2, 0.25) is 0 Å². The van der Waals surface area contributed by atoms with Crippen LogP contribution in [-0.4, -0.2) is 15.8 Å². The molecule has 2 rings (SSSR count). The molecule has 7 heteroatoms. The van der Waals surface area contributed by atoms with Gasteiger partial charge >= 0.3 is 0 Å². The minimum absolute atomic E-state index is 0.0466. The third-order valence-electron chi connectivity index (χ3n) is 2.82. The monoisotopic (exact) mass is 287 g/mol. The number of pyridine rings is 1. The van der Waals surface area contributed by atoms with Crippen LogP contribution in [0.4, 0.5) is 11.4 Å². The van der Waals surface area contributed by atoms with Crippen molar-refractivity contribution in [1.29, 1.82) is 0 Å². The average molecular weight is 287 g/mol. The number of nitro groups is 1. The molecule has 0 unspecified atom stereocenters. The van der Waals surface area contributed by atoms with Crippen LogP contribution in [0, 0.1) is 17.0 Å². The van der Waals surface area contributed by atoms with E-state index in [2.05, 4.69) is 10.3 Å². The molecule has 0 bridgehead atoms. The van der Waals surface area contributed by atoms with Crippen molar-refractivity contribution in [1.82, 2.24) is 4.98 Å². The minimum Gasteiger partial charge on any atom is -0.325 e. The number of amides is 1. The lowest BCUT2D eigenvalue weighted by molar-refractivity contribution is -0.384. The lowest BCUT2D eigenvalue weighted by atomic mass is 10.1. The van der Waals surface area contributed by atoms with Gasteiger partial charge in [-0.3, -0.25) is 19.7 Å². The fraction of sp³-hybridized carbons (Fsp3) is 0.143. The fourth-order valence-corrected chi connectivity index (χ4v) is 1.83. The molecule has 2 aromatic rings. The predicted molar refractivity (Wildman–Crippen MR) is 77.2 cm³/mol. The Labute approximate surface area is 119 Å². The van der Waals surface area contributed by atoms with E-state index in [0.717, 1.165) is 0 Å². The van der Waals surface area contributed by atoms with E-state index in [1.807, 2.05) is 0 Å². The molecule has 2 N–H and O–H groups in total. The maximum atomic E-state index is 11.9. The summed E-state index contributed by atoms with van der Waals surface area (Å²) in [5.41, 5.74) is 0.883. The zero-order valence-corrected chi connectivity index (χ0v) is 11.3. The summed E-state index contributed by atoms with van der Waals surface area (Å²) in [6.45, 7) is 1.73. The lowest BCUT2D eigenvalue weighted by Gasteiger charge is -2.05. The molecule has 0 radical (unpaired) electrons. The summed E-state index contributed by atoms with van der Waals surface area (Å²) in [5, 5.41) is 13.1. The maximum Gasteiger partial charge on any atom is 0.271 e.